The van der Waals surface area contributed by atoms with Gasteiger partial charge in [-0.1, -0.05) is 42.7 Å². The fourth-order valence-electron chi connectivity index (χ4n) is 4.28. The quantitative estimate of drug-likeness (QED) is 0.709. The highest BCUT2D eigenvalue weighted by Gasteiger charge is 2.40. The van der Waals surface area contributed by atoms with Crippen LogP contribution >= 0.6 is 11.8 Å². The lowest BCUT2D eigenvalue weighted by Crippen LogP contribution is -2.51. The topological polar surface area (TPSA) is 69.7 Å². The first-order valence-electron chi connectivity index (χ1n) is 11.2. The lowest BCUT2D eigenvalue weighted by Gasteiger charge is -2.34. The van der Waals surface area contributed by atoms with Crippen LogP contribution in [0.1, 0.15) is 36.8 Å². The third-order valence-electron chi connectivity index (χ3n) is 5.99. The zero-order chi connectivity index (χ0) is 22.7. The highest BCUT2D eigenvalue weighted by Crippen LogP contribution is 2.40. The molecular formula is C25H29N3O3S. The number of aryl methyl sites for hydroxylation is 2. The van der Waals surface area contributed by atoms with E-state index < -0.39 is 5.25 Å². The summed E-state index contributed by atoms with van der Waals surface area (Å²) in [6.45, 7) is 5.20. The van der Waals surface area contributed by atoms with E-state index in [0.717, 1.165) is 47.4 Å². The molecule has 168 valence electrons. The predicted molar refractivity (Wildman–Crippen MR) is 128 cm³/mol. The van der Waals surface area contributed by atoms with E-state index in [2.05, 4.69) is 5.32 Å². The zero-order valence-corrected chi connectivity index (χ0v) is 19.4. The smallest absolute Gasteiger partial charge is 0.250 e. The summed E-state index contributed by atoms with van der Waals surface area (Å²) >= 11 is 1.30. The van der Waals surface area contributed by atoms with E-state index in [1.165, 1.54) is 16.7 Å². The van der Waals surface area contributed by atoms with Crippen molar-refractivity contribution >= 4 is 40.9 Å². The van der Waals surface area contributed by atoms with E-state index in [1.54, 1.807) is 0 Å². The van der Waals surface area contributed by atoms with Crippen molar-refractivity contribution in [3.05, 3.63) is 53.6 Å². The molecule has 2 aliphatic rings. The molecule has 1 N–H and O–H groups in total. The first-order chi connectivity index (χ1) is 15.4. The Morgan fingerprint density at radius 2 is 1.75 bits per heavy atom. The number of carbonyl (C=O) groups is 3. The van der Waals surface area contributed by atoms with Crippen LogP contribution in [0.5, 0.6) is 0 Å². The molecule has 2 aromatic carbocycles. The first kappa shape index (κ1) is 22.4. The molecule has 0 radical (unpaired) electrons. The van der Waals surface area contributed by atoms with E-state index >= 15 is 0 Å². The molecule has 1 atom stereocenters. The van der Waals surface area contributed by atoms with Crippen LogP contribution in [0.2, 0.25) is 0 Å². The van der Waals surface area contributed by atoms with E-state index in [-0.39, 0.29) is 24.3 Å². The number of nitrogens with zero attached hydrogens (tertiary/aromatic N) is 2. The second-order valence-corrected chi connectivity index (χ2v) is 9.64. The molecule has 6 nitrogen and oxygen atoms in total. The second kappa shape index (κ2) is 9.77. The largest absolute Gasteiger partial charge is 0.341 e. The lowest BCUT2D eigenvalue weighted by molar-refractivity contribution is -0.135. The number of para-hydroxylation sites is 1. The summed E-state index contributed by atoms with van der Waals surface area (Å²) in [5, 5.41) is 2.07. The molecular weight excluding hydrogens is 422 g/mol. The number of carbonyl (C=O) groups excluding carboxylic acids is 3. The fourth-order valence-corrected chi connectivity index (χ4v) is 5.47. The van der Waals surface area contributed by atoms with Crippen LogP contribution in [0, 0.1) is 13.8 Å². The van der Waals surface area contributed by atoms with E-state index in [1.807, 2.05) is 61.2 Å². The van der Waals surface area contributed by atoms with Crippen molar-refractivity contribution < 1.29 is 14.4 Å². The van der Waals surface area contributed by atoms with Gasteiger partial charge in [-0.05, 0) is 50.5 Å². The molecule has 1 saturated heterocycles. The van der Waals surface area contributed by atoms with Crippen molar-refractivity contribution in [2.75, 3.05) is 29.9 Å². The molecule has 3 amide bonds. The number of anilines is 2. The Kier molecular flexibility index (Phi) is 6.84. The van der Waals surface area contributed by atoms with Crippen LogP contribution in [0.25, 0.3) is 0 Å². The number of benzene rings is 2. The third kappa shape index (κ3) is 4.83. The van der Waals surface area contributed by atoms with Crippen LogP contribution in [0.4, 0.5) is 11.4 Å². The van der Waals surface area contributed by atoms with Gasteiger partial charge in [-0.15, -0.1) is 11.8 Å². The Bertz CT molecular complexity index is 1030. The average Bonchev–Trinajstić information content (AvgIpc) is 3.07. The van der Waals surface area contributed by atoms with Crippen molar-refractivity contribution in [2.24, 2.45) is 0 Å². The van der Waals surface area contributed by atoms with Gasteiger partial charge in [0.2, 0.25) is 11.8 Å². The van der Waals surface area contributed by atoms with Crippen LogP contribution in [0.15, 0.2) is 47.4 Å². The molecule has 2 heterocycles. The van der Waals surface area contributed by atoms with Gasteiger partial charge in [-0.2, -0.15) is 0 Å². The molecule has 4 rings (SSSR count). The Labute approximate surface area is 193 Å². The maximum absolute atomic E-state index is 13.4. The average molecular weight is 452 g/mol. The van der Waals surface area contributed by atoms with Gasteiger partial charge in [-0.3, -0.25) is 14.4 Å². The fraction of sp³-hybridized carbons (Fsp3) is 0.400. The molecule has 32 heavy (non-hydrogen) atoms. The number of fused-ring (bicyclic) bond motifs is 1. The van der Waals surface area contributed by atoms with Gasteiger partial charge in [-0.25, -0.2) is 0 Å². The number of likely N-dealkylation sites (tertiary alicyclic amines) is 1. The summed E-state index contributed by atoms with van der Waals surface area (Å²) in [6.07, 6.45) is 4.16. The molecule has 2 aromatic rings. The molecule has 7 heteroatoms. The van der Waals surface area contributed by atoms with Crippen LogP contribution in [-0.4, -0.2) is 47.5 Å². The molecule has 0 spiro atoms. The van der Waals surface area contributed by atoms with Crippen LogP contribution < -0.4 is 10.2 Å². The maximum atomic E-state index is 13.4. The molecule has 0 aromatic heterocycles. The van der Waals surface area contributed by atoms with Gasteiger partial charge in [0.25, 0.3) is 5.91 Å². The second-order valence-electron chi connectivity index (χ2n) is 8.50. The Morgan fingerprint density at radius 3 is 2.47 bits per heavy atom. The van der Waals surface area contributed by atoms with Crippen molar-refractivity contribution in [3.63, 3.8) is 0 Å². The Morgan fingerprint density at radius 1 is 1.03 bits per heavy atom. The number of rotatable bonds is 4. The summed E-state index contributed by atoms with van der Waals surface area (Å²) in [5.74, 6) is -0.747. The minimum atomic E-state index is -0.850. The van der Waals surface area contributed by atoms with Crippen LogP contribution in [-0.2, 0) is 14.4 Å². The van der Waals surface area contributed by atoms with Crippen LogP contribution in [0.3, 0.4) is 0 Å². The van der Waals surface area contributed by atoms with E-state index in [9.17, 15) is 14.4 Å². The third-order valence-corrected chi connectivity index (χ3v) is 7.23. The van der Waals surface area contributed by atoms with E-state index in [4.69, 9.17) is 0 Å². The molecule has 2 aliphatic heterocycles. The van der Waals surface area contributed by atoms with Crippen molar-refractivity contribution in [2.45, 2.75) is 49.7 Å². The summed E-state index contributed by atoms with van der Waals surface area (Å²) < 4.78 is 0. The van der Waals surface area contributed by atoms with Gasteiger partial charge in [0.1, 0.15) is 6.54 Å². The van der Waals surface area contributed by atoms with Crippen molar-refractivity contribution in [1.82, 2.24) is 4.90 Å². The zero-order valence-electron chi connectivity index (χ0n) is 18.6. The highest BCUT2D eigenvalue weighted by atomic mass is 32.2. The SMILES string of the molecule is Cc1ccc(NC(=O)CN2C(=O)[C@@H](C(=O)N3CCCCCC3)Sc3ccccc32)c(C)c1. The minimum Gasteiger partial charge on any atom is -0.341 e. The summed E-state index contributed by atoms with van der Waals surface area (Å²) in [4.78, 5) is 43.7. The van der Waals surface area contributed by atoms with Crippen molar-refractivity contribution in [1.29, 1.82) is 0 Å². The predicted octanol–water partition coefficient (Wildman–Crippen LogP) is 4.15. The van der Waals surface area contributed by atoms with E-state index in [0.29, 0.717) is 18.8 Å². The van der Waals surface area contributed by atoms with Gasteiger partial charge >= 0.3 is 0 Å². The molecule has 0 unspecified atom stereocenters. The number of nitrogens with one attached hydrogen (secondary N) is 1. The van der Waals surface area contributed by atoms with Gasteiger partial charge in [0.15, 0.2) is 5.25 Å². The minimum absolute atomic E-state index is 0.131. The van der Waals surface area contributed by atoms with Gasteiger partial charge in [0.05, 0.1) is 5.69 Å². The summed E-state index contributed by atoms with van der Waals surface area (Å²) in [7, 11) is 0. The lowest BCUT2D eigenvalue weighted by atomic mass is 10.1. The first-order valence-corrected chi connectivity index (χ1v) is 12.0. The number of amides is 3. The molecule has 1 fully saturated rings. The van der Waals surface area contributed by atoms with Crippen molar-refractivity contribution in [3.8, 4) is 0 Å². The summed E-state index contributed by atoms with van der Waals surface area (Å²) in [5.41, 5.74) is 3.49. The highest BCUT2D eigenvalue weighted by molar-refractivity contribution is 8.01. The molecule has 0 aliphatic carbocycles. The standard InChI is InChI=1S/C25H29N3O3S/c1-17-11-12-19(18(2)15-17)26-22(29)16-28-20-9-5-6-10-21(20)32-23(25(28)31)24(30)27-13-7-3-4-8-14-27/h5-6,9-12,15,23H,3-4,7-8,13-14,16H2,1-2H3,(H,26,29)/t23-/m1/s1. The maximum Gasteiger partial charge on any atom is 0.250 e. The summed E-state index contributed by atoms with van der Waals surface area (Å²) in [6, 6.07) is 13.3. The number of hydrogen-bond acceptors (Lipinski definition) is 4. The molecule has 0 saturated carbocycles. The number of hydrogen-bond donors (Lipinski definition) is 1. The monoisotopic (exact) mass is 451 g/mol. The normalized spacial score (nSPS) is 18.7. The Balaban J connectivity index is 1.55. The number of thioether (sulfide) groups is 1. The Hall–Kier alpha value is -2.80. The van der Waals surface area contributed by atoms with Gasteiger partial charge < -0.3 is 15.1 Å². The molecule has 0 bridgehead atoms. The van der Waals surface area contributed by atoms with Gasteiger partial charge in [0, 0.05) is 23.7 Å².